The molecule has 0 saturated carbocycles. The van der Waals surface area contributed by atoms with E-state index in [0.717, 1.165) is 33.1 Å². The number of rotatable bonds is 16. The molecule has 2 unspecified atom stereocenters. The second-order valence-electron chi connectivity index (χ2n) is 15.2. The Bertz CT molecular complexity index is 1730. The zero-order valence-corrected chi connectivity index (χ0v) is 35.0. The van der Waals surface area contributed by atoms with E-state index >= 15 is 0 Å². The molecule has 5 N–H and O–H groups in total. The number of thiazole rings is 1. The lowest BCUT2D eigenvalue weighted by Crippen LogP contribution is -2.61. The van der Waals surface area contributed by atoms with Crippen LogP contribution in [0.3, 0.4) is 0 Å². The number of thioether (sulfide) groups is 1. The van der Waals surface area contributed by atoms with Crippen molar-refractivity contribution in [1.29, 1.82) is 0 Å². The number of benzene rings is 2. The number of alkyl carbamates (subject to hydrolysis) is 1. The van der Waals surface area contributed by atoms with E-state index in [1.54, 1.807) is 37.3 Å². The number of nitrogens with one attached hydrogen (secondary N) is 3. The van der Waals surface area contributed by atoms with Crippen LogP contribution in [0.15, 0.2) is 72.4 Å². The first-order chi connectivity index (χ1) is 27.3. The molecule has 2 aromatic carbocycles. The maximum absolute atomic E-state index is 14.2. The second-order valence-corrected chi connectivity index (χ2v) is 17.3. The average molecular weight is 824 g/mol. The molecule has 2 heterocycles. The number of ether oxygens (including phenoxy) is 1. The molecule has 0 radical (unpaired) electrons. The molecule has 1 aliphatic heterocycles. The number of amides is 4. The SMILES string of the molecule is CC(C)C1CSCCCCC(=O)C(N(C)C(=O)N[C@H](C(=O)N[C@@H](Cc2ccccc2)[C@@H](O)[C@@H](O)[C@H](Cc2ccccc2)NC(=O)OCc2cncs2)C(C)C)C1=O. The predicted molar refractivity (Wildman–Crippen MR) is 222 cm³/mol. The minimum Gasteiger partial charge on any atom is -0.444 e. The molecule has 1 saturated heterocycles. The highest BCUT2D eigenvalue weighted by molar-refractivity contribution is 7.99. The van der Waals surface area contributed by atoms with Crippen molar-refractivity contribution in [3.8, 4) is 0 Å². The van der Waals surface area contributed by atoms with Gasteiger partial charge < -0.3 is 35.8 Å². The lowest BCUT2D eigenvalue weighted by Gasteiger charge is -2.35. The molecule has 1 aliphatic rings. The van der Waals surface area contributed by atoms with Crippen LogP contribution in [0.25, 0.3) is 0 Å². The molecule has 0 bridgehead atoms. The smallest absolute Gasteiger partial charge is 0.407 e. The molecule has 0 spiro atoms. The van der Waals surface area contributed by atoms with Gasteiger partial charge in [0.1, 0.15) is 24.9 Å². The number of Topliss-reactive ketones (excluding diaryl/α,β-unsaturated/α-hetero) is 2. The zero-order chi connectivity index (χ0) is 41.5. The number of aliphatic hydroxyl groups is 2. The summed E-state index contributed by atoms with van der Waals surface area (Å²) < 4.78 is 5.39. The summed E-state index contributed by atoms with van der Waals surface area (Å²) in [4.78, 5) is 74.2. The van der Waals surface area contributed by atoms with Gasteiger partial charge in [-0.05, 0) is 54.4 Å². The Balaban J connectivity index is 1.56. The van der Waals surface area contributed by atoms with Gasteiger partial charge in [-0.3, -0.25) is 19.4 Å². The highest BCUT2D eigenvalue weighted by Crippen LogP contribution is 2.25. The van der Waals surface area contributed by atoms with Gasteiger partial charge in [0, 0.05) is 31.3 Å². The second kappa shape index (κ2) is 22.6. The highest BCUT2D eigenvalue weighted by atomic mass is 32.2. The number of ketones is 2. The van der Waals surface area contributed by atoms with Crippen molar-refractivity contribution in [3.63, 3.8) is 0 Å². The van der Waals surface area contributed by atoms with Gasteiger partial charge in [-0.15, -0.1) is 11.3 Å². The Morgan fingerprint density at radius 2 is 1.47 bits per heavy atom. The monoisotopic (exact) mass is 823 g/mol. The third-order valence-electron chi connectivity index (χ3n) is 10.2. The molecule has 1 aromatic heterocycles. The topological polar surface area (TPSA) is 187 Å². The predicted octanol–water partition coefficient (Wildman–Crippen LogP) is 4.79. The molecule has 13 nitrogen and oxygen atoms in total. The van der Waals surface area contributed by atoms with Crippen molar-refractivity contribution in [3.05, 3.63) is 88.4 Å². The molecule has 310 valence electrons. The zero-order valence-electron chi connectivity index (χ0n) is 33.3. The largest absolute Gasteiger partial charge is 0.444 e. The number of urea groups is 1. The fourth-order valence-electron chi connectivity index (χ4n) is 6.75. The Kier molecular flexibility index (Phi) is 18.0. The van der Waals surface area contributed by atoms with E-state index < -0.39 is 66.2 Å². The van der Waals surface area contributed by atoms with Crippen LogP contribution < -0.4 is 16.0 Å². The molecule has 3 aromatic rings. The molecule has 4 amide bonds. The summed E-state index contributed by atoms with van der Waals surface area (Å²) in [7, 11) is 1.40. The lowest BCUT2D eigenvalue weighted by molar-refractivity contribution is -0.135. The first kappa shape index (κ1) is 45.4. The van der Waals surface area contributed by atoms with Crippen LogP contribution in [0.4, 0.5) is 9.59 Å². The minimum atomic E-state index is -1.61. The normalized spacial score (nSPS) is 19.2. The number of carbonyl (C=O) groups excluding carboxylic acids is 5. The molecule has 1 fully saturated rings. The number of hydrogen-bond donors (Lipinski definition) is 5. The van der Waals surface area contributed by atoms with E-state index in [-0.39, 0.29) is 43.4 Å². The summed E-state index contributed by atoms with van der Waals surface area (Å²) in [5.41, 5.74) is 3.15. The standard InChI is InChI=1S/C42H57N5O8S2/c1-26(2)31-24-56-19-13-12-18-34(48)36(37(31)49)47(5)41(53)46-35(27(3)4)40(52)44-32(20-28-14-8-6-9-15-28)38(50)39(51)33(21-29-16-10-7-11-17-29)45-42(54)55-23-30-22-43-25-57-30/h6-11,14-17,22,25-27,31-33,35-36,38-39,50-51H,12-13,18-21,23-24H2,1-5H3,(H,44,52)(H,45,54)(H,46,53)/t31?,32-,33-,35-,36?,38+,39-/m0/s1. The quantitative estimate of drug-likeness (QED) is 0.126. The fourth-order valence-corrected chi connectivity index (χ4v) is 8.63. The van der Waals surface area contributed by atoms with Gasteiger partial charge in [0.2, 0.25) is 5.91 Å². The van der Waals surface area contributed by atoms with E-state index in [1.807, 2.05) is 74.5 Å². The molecule has 0 aliphatic carbocycles. The molecule has 15 heteroatoms. The Hall–Kier alpha value is -4.31. The van der Waals surface area contributed by atoms with Crippen molar-refractivity contribution in [2.24, 2.45) is 17.8 Å². The van der Waals surface area contributed by atoms with Crippen LogP contribution in [0.2, 0.25) is 0 Å². The summed E-state index contributed by atoms with van der Waals surface area (Å²) in [5, 5.41) is 32.0. The maximum atomic E-state index is 14.2. The number of carbonyl (C=O) groups is 5. The van der Waals surface area contributed by atoms with Gasteiger partial charge in [0.25, 0.3) is 0 Å². The van der Waals surface area contributed by atoms with Crippen LogP contribution >= 0.6 is 23.1 Å². The molecular weight excluding hydrogens is 767 g/mol. The van der Waals surface area contributed by atoms with Crippen molar-refractivity contribution in [2.45, 2.75) is 103 Å². The van der Waals surface area contributed by atoms with Crippen LogP contribution in [0.1, 0.15) is 63.0 Å². The summed E-state index contributed by atoms with van der Waals surface area (Å²) in [6.45, 7) is 7.32. The van der Waals surface area contributed by atoms with Gasteiger partial charge in [-0.25, -0.2) is 9.59 Å². The van der Waals surface area contributed by atoms with Gasteiger partial charge >= 0.3 is 12.1 Å². The van der Waals surface area contributed by atoms with Crippen molar-refractivity contribution in [2.75, 3.05) is 18.6 Å². The highest BCUT2D eigenvalue weighted by Gasteiger charge is 2.41. The van der Waals surface area contributed by atoms with E-state index in [9.17, 15) is 34.2 Å². The minimum absolute atomic E-state index is 0.0299. The van der Waals surface area contributed by atoms with Gasteiger partial charge in [-0.2, -0.15) is 11.8 Å². The van der Waals surface area contributed by atoms with Crippen molar-refractivity contribution >= 4 is 52.7 Å². The van der Waals surface area contributed by atoms with Crippen LogP contribution in [0, 0.1) is 17.8 Å². The van der Waals surface area contributed by atoms with Gasteiger partial charge in [0.15, 0.2) is 17.6 Å². The van der Waals surface area contributed by atoms with E-state index in [0.29, 0.717) is 12.2 Å². The number of aromatic nitrogens is 1. The summed E-state index contributed by atoms with van der Waals surface area (Å²) in [6.07, 6.45) is -0.592. The van der Waals surface area contributed by atoms with Crippen LogP contribution in [-0.2, 0) is 38.6 Å². The number of hydrogen-bond acceptors (Lipinski definition) is 11. The molecule has 4 rings (SSSR count). The van der Waals surface area contributed by atoms with Crippen LogP contribution in [-0.4, -0.2) is 105 Å². The van der Waals surface area contributed by atoms with Crippen LogP contribution in [0.5, 0.6) is 0 Å². The average Bonchev–Trinajstić information content (AvgIpc) is 3.72. The lowest BCUT2D eigenvalue weighted by atomic mass is 9.86. The summed E-state index contributed by atoms with van der Waals surface area (Å²) >= 11 is 3.00. The number of likely N-dealkylation sites (N-methyl/N-ethyl adjacent to an activating group) is 1. The van der Waals surface area contributed by atoms with Gasteiger partial charge in [-0.1, -0.05) is 88.4 Å². The third kappa shape index (κ3) is 13.7. The van der Waals surface area contributed by atoms with Crippen molar-refractivity contribution < 1.29 is 38.9 Å². The number of nitrogens with zero attached hydrogens (tertiary/aromatic N) is 2. The Labute approximate surface area is 343 Å². The summed E-state index contributed by atoms with van der Waals surface area (Å²) in [5.74, 6) is -0.782. The Morgan fingerprint density at radius 1 is 0.877 bits per heavy atom. The number of aliphatic hydroxyl groups excluding tert-OH is 2. The molecular formula is C42H57N5O8S2. The van der Waals surface area contributed by atoms with E-state index in [2.05, 4.69) is 20.9 Å². The summed E-state index contributed by atoms with van der Waals surface area (Å²) in [6, 6.07) is 12.9. The van der Waals surface area contributed by atoms with Crippen molar-refractivity contribution in [1.82, 2.24) is 25.8 Å². The van der Waals surface area contributed by atoms with Gasteiger partial charge in [0.05, 0.1) is 22.5 Å². The first-order valence-corrected chi connectivity index (χ1v) is 21.5. The maximum Gasteiger partial charge on any atom is 0.407 e. The van der Waals surface area contributed by atoms with E-state index in [1.165, 1.54) is 18.4 Å². The fraction of sp³-hybridized carbons (Fsp3) is 0.524. The molecule has 57 heavy (non-hydrogen) atoms. The first-order valence-electron chi connectivity index (χ1n) is 19.5. The van der Waals surface area contributed by atoms with E-state index in [4.69, 9.17) is 4.74 Å². The Morgan fingerprint density at radius 3 is 2.02 bits per heavy atom. The third-order valence-corrected chi connectivity index (χ3v) is 12.1. The molecule has 7 atom stereocenters.